The molecule has 4 aromatic rings. The van der Waals surface area contributed by atoms with Crippen molar-refractivity contribution in [1.29, 1.82) is 0 Å². The first-order valence-corrected chi connectivity index (χ1v) is 21.7. The van der Waals surface area contributed by atoms with E-state index < -0.39 is 23.1 Å². The van der Waals surface area contributed by atoms with E-state index in [0.717, 1.165) is 59.8 Å². The summed E-state index contributed by atoms with van der Waals surface area (Å²) in [5.41, 5.74) is 9.44. The summed E-state index contributed by atoms with van der Waals surface area (Å²) in [6.45, 7) is 6.74. The molecule has 4 saturated heterocycles. The summed E-state index contributed by atoms with van der Waals surface area (Å²) in [4.78, 5) is 56.5. The van der Waals surface area contributed by atoms with Gasteiger partial charge in [0, 0.05) is 101 Å². The van der Waals surface area contributed by atoms with E-state index in [9.17, 15) is 29.4 Å². The van der Waals surface area contributed by atoms with Crippen LogP contribution in [-0.4, -0.2) is 170 Å². The van der Waals surface area contributed by atoms with Gasteiger partial charge in [-0.1, -0.05) is 35.8 Å². The number of hydrogen-bond acceptors (Lipinski definition) is 13. The number of rotatable bonds is 6. The molecule has 2 atom stereocenters. The largest absolute Gasteiger partial charge is 0.464 e. The molecule has 0 unspecified atom stereocenters. The van der Waals surface area contributed by atoms with Crippen LogP contribution in [0.15, 0.2) is 48.5 Å². The minimum atomic E-state index is -1.65. The van der Waals surface area contributed by atoms with Gasteiger partial charge in [0.1, 0.15) is 0 Å². The van der Waals surface area contributed by atoms with Crippen LogP contribution in [0.5, 0.6) is 0 Å². The van der Waals surface area contributed by atoms with E-state index in [1.807, 2.05) is 48.5 Å². The molecule has 338 valence electrons. The van der Waals surface area contributed by atoms with E-state index in [4.69, 9.17) is 19.9 Å². The summed E-state index contributed by atoms with van der Waals surface area (Å²) in [5, 5.41) is 30.3. The summed E-state index contributed by atoms with van der Waals surface area (Å²) >= 11 is 0. The highest BCUT2D eigenvalue weighted by molar-refractivity contribution is 5.93. The van der Waals surface area contributed by atoms with Crippen LogP contribution in [0.4, 0.5) is 0 Å². The highest BCUT2D eigenvalue weighted by atomic mass is 16.5. The standard InChI is InChI=1S/C24H26N4O5.C23H25N5O4/c1-26-11-9-24(31,23(26)30)8-6-16-4-3-5-17(12-16)28-20-7-10-27(18-14-33-15-18)13-19(20)21(25-28)22(29)32-2;1-26-10-8-23(31,22(26)30)7-5-15-3-2-4-16(11-15)28-19-6-9-27(17-13-32-14-17)12-18(19)20(25-28)21(24)29/h3-5,12,18,31H,7,9-11,13-15H2,1-2H3;2-4,11,17,31H,6,8-10,12-14H2,1H3,(H2,24,29)/t24-;23-/m00/s1. The fourth-order valence-corrected chi connectivity index (χ4v) is 8.98. The van der Waals surface area contributed by atoms with Crippen molar-refractivity contribution >= 4 is 23.7 Å². The van der Waals surface area contributed by atoms with Crippen molar-refractivity contribution in [3.8, 4) is 35.1 Å². The molecule has 0 bridgehead atoms. The monoisotopic (exact) mass is 885 g/mol. The van der Waals surface area contributed by atoms with E-state index in [1.54, 1.807) is 23.5 Å². The third-order valence-electron chi connectivity index (χ3n) is 13.1. The van der Waals surface area contributed by atoms with E-state index >= 15 is 0 Å². The summed E-state index contributed by atoms with van der Waals surface area (Å²) in [6.07, 6.45) is 2.05. The van der Waals surface area contributed by atoms with Gasteiger partial charge >= 0.3 is 5.97 Å². The second-order valence-electron chi connectivity index (χ2n) is 17.3. The van der Waals surface area contributed by atoms with Gasteiger partial charge in [-0.3, -0.25) is 24.2 Å². The number of fused-ring (bicyclic) bond motifs is 2. The molecule has 18 heteroatoms. The first-order valence-electron chi connectivity index (χ1n) is 21.7. The third kappa shape index (κ3) is 8.41. The van der Waals surface area contributed by atoms with Gasteiger partial charge in [0.2, 0.25) is 11.2 Å². The number of nitrogens with two attached hydrogens (primary N) is 1. The van der Waals surface area contributed by atoms with Crippen LogP contribution in [0.25, 0.3) is 11.4 Å². The van der Waals surface area contributed by atoms with Crippen molar-refractivity contribution in [2.75, 3.05) is 73.8 Å². The zero-order valence-corrected chi connectivity index (χ0v) is 36.6. The predicted octanol–water partition coefficient (Wildman–Crippen LogP) is 0.0333. The molecule has 3 amide bonds. The minimum Gasteiger partial charge on any atom is -0.464 e. The van der Waals surface area contributed by atoms with Crippen molar-refractivity contribution in [1.82, 2.24) is 39.2 Å². The van der Waals surface area contributed by atoms with Crippen LogP contribution in [0.1, 0.15) is 67.5 Å². The number of benzene rings is 2. The molecule has 10 rings (SSSR count). The van der Waals surface area contributed by atoms with Gasteiger partial charge in [-0.2, -0.15) is 10.2 Å². The molecule has 0 aliphatic carbocycles. The van der Waals surface area contributed by atoms with Gasteiger partial charge in [-0.05, 0) is 36.4 Å². The van der Waals surface area contributed by atoms with Crippen molar-refractivity contribution in [2.45, 2.75) is 62.1 Å². The molecule has 0 saturated carbocycles. The zero-order valence-electron chi connectivity index (χ0n) is 36.6. The first-order chi connectivity index (χ1) is 31.2. The van der Waals surface area contributed by atoms with E-state index in [1.165, 1.54) is 16.9 Å². The van der Waals surface area contributed by atoms with Crippen LogP contribution in [0, 0.1) is 23.7 Å². The Morgan fingerprint density at radius 3 is 1.55 bits per heavy atom. The number of nitrogens with zero attached hydrogens (tertiary/aromatic N) is 8. The molecule has 4 fully saturated rings. The fourth-order valence-electron chi connectivity index (χ4n) is 8.98. The van der Waals surface area contributed by atoms with Crippen molar-refractivity contribution in [3.05, 3.63) is 93.6 Å². The molecule has 0 spiro atoms. The molecular formula is C47H51N9O9. The fraction of sp³-hybridized carbons (Fsp3) is 0.447. The lowest BCUT2D eigenvalue weighted by molar-refractivity contribution is -0.138. The number of aromatic nitrogens is 4. The molecule has 0 radical (unpaired) electrons. The second kappa shape index (κ2) is 17.5. The summed E-state index contributed by atoms with van der Waals surface area (Å²) in [5.74, 6) is 9.60. The molecular weight excluding hydrogens is 835 g/mol. The Hall–Kier alpha value is -6.38. The van der Waals surface area contributed by atoms with Gasteiger partial charge in [0.15, 0.2) is 11.4 Å². The maximum atomic E-state index is 12.5. The SMILES string of the molecule is CN1CC[C@@](O)(C#Cc2cccc(-n3nc(C(N)=O)c4c3CCN(C3COC3)C4)c2)C1=O.COC(=O)c1nn(-c2cccc(C#C[C@]3(O)CCN(C)C3=O)c2)c2c1CN(C1COC1)CC2. The number of carbonyl (C=O) groups is 4. The number of esters is 1. The lowest BCUT2D eigenvalue weighted by atomic mass is 10.0. The second-order valence-corrected chi connectivity index (χ2v) is 17.3. The first kappa shape index (κ1) is 43.9. The molecule has 2 aromatic heterocycles. The summed E-state index contributed by atoms with van der Waals surface area (Å²) in [6, 6.07) is 15.5. The maximum absolute atomic E-state index is 12.5. The Kier molecular flexibility index (Phi) is 11.8. The Balaban J connectivity index is 0.000000164. The molecule has 6 aliphatic rings. The number of likely N-dealkylation sites (N-methyl/N-ethyl adjacent to an activating group) is 2. The third-order valence-corrected chi connectivity index (χ3v) is 13.1. The topological polar surface area (TPSA) is 211 Å². The van der Waals surface area contributed by atoms with Gasteiger partial charge in [-0.15, -0.1) is 0 Å². The van der Waals surface area contributed by atoms with Crippen molar-refractivity contribution < 1.29 is 43.6 Å². The minimum absolute atomic E-state index is 0.284. The molecule has 4 N–H and O–H groups in total. The number of carbonyl (C=O) groups excluding carboxylic acids is 4. The average molecular weight is 886 g/mol. The van der Waals surface area contributed by atoms with Gasteiger partial charge in [0.25, 0.3) is 17.7 Å². The number of primary amides is 1. The highest BCUT2D eigenvalue weighted by Gasteiger charge is 2.43. The number of aliphatic hydroxyl groups is 2. The van der Waals surface area contributed by atoms with Crippen LogP contribution in [0.3, 0.4) is 0 Å². The lowest BCUT2D eigenvalue weighted by Gasteiger charge is -2.39. The molecule has 65 heavy (non-hydrogen) atoms. The van der Waals surface area contributed by atoms with Crippen molar-refractivity contribution in [2.24, 2.45) is 5.73 Å². The maximum Gasteiger partial charge on any atom is 0.358 e. The quantitative estimate of drug-likeness (QED) is 0.173. The van der Waals surface area contributed by atoms with E-state index in [2.05, 4.69) is 43.7 Å². The zero-order chi connectivity index (χ0) is 45.6. The molecule has 8 heterocycles. The van der Waals surface area contributed by atoms with Gasteiger partial charge in [-0.25, -0.2) is 14.2 Å². The number of likely N-dealkylation sites (tertiary alicyclic amines) is 2. The Morgan fingerprint density at radius 1 is 0.723 bits per heavy atom. The average Bonchev–Trinajstić information content (AvgIpc) is 4.00. The Labute approximate surface area is 375 Å². The lowest BCUT2D eigenvalue weighted by Crippen LogP contribution is -2.50. The summed E-state index contributed by atoms with van der Waals surface area (Å²) in [7, 11) is 4.66. The highest BCUT2D eigenvalue weighted by Crippen LogP contribution is 2.31. The number of methoxy groups -OCH3 is 1. The molecule has 6 aliphatic heterocycles. The van der Waals surface area contributed by atoms with Gasteiger partial charge < -0.3 is 40.0 Å². The number of amides is 3. The Bertz CT molecular complexity index is 2700. The van der Waals surface area contributed by atoms with Crippen LogP contribution < -0.4 is 5.73 Å². The molecule has 18 nitrogen and oxygen atoms in total. The van der Waals surface area contributed by atoms with Crippen molar-refractivity contribution in [3.63, 3.8) is 0 Å². The van der Waals surface area contributed by atoms with Crippen LogP contribution in [-0.2, 0) is 49.7 Å². The van der Waals surface area contributed by atoms with E-state index in [-0.39, 0.29) is 30.3 Å². The van der Waals surface area contributed by atoms with Gasteiger partial charge in [0.05, 0.1) is 68.4 Å². The number of ether oxygens (including phenoxy) is 3. The Morgan fingerprint density at radius 2 is 1.17 bits per heavy atom. The van der Waals surface area contributed by atoms with Crippen LogP contribution in [0.2, 0.25) is 0 Å². The normalized spacial score (nSPS) is 23.2. The predicted molar refractivity (Wildman–Crippen MR) is 233 cm³/mol. The number of hydrogen-bond donors (Lipinski definition) is 3. The van der Waals surface area contributed by atoms with E-state index in [0.29, 0.717) is 81.5 Å². The molecule has 2 aromatic carbocycles. The van der Waals surface area contributed by atoms with Crippen LogP contribution >= 0.6 is 0 Å². The smallest absolute Gasteiger partial charge is 0.358 e. The summed E-state index contributed by atoms with van der Waals surface area (Å²) < 4.78 is 19.2.